The SMILES string of the molecule is COc1cc(Cn2cncn2)cc(Br)c1OC. The summed E-state index contributed by atoms with van der Waals surface area (Å²) >= 11 is 3.45. The van der Waals surface area contributed by atoms with Crippen molar-refractivity contribution in [3.8, 4) is 11.5 Å². The second-order valence-corrected chi connectivity index (χ2v) is 4.26. The van der Waals surface area contributed by atoms with Gasteiger partial charge < -0.3 is 9.47 Å². The van der Waals surface area contributed by atoms with Crippen LogP contribution >= 0.6 is 15.9 Å². The monoisotopic (exact) mass is 297 g/mol. The largest absolute Gasteiger partial charge is 0.493 e. The molecule has 0 N–H and O–H groups in total. The van der Waals surface area contributed by atoms with Crippen molar-refractivity contribution in [1.82, 2.24) is 14.8 Å². The van der Waals surface area contributed by atoms with Crippen molar-refractivity contribution in [1.29, 1.82) is 0 Å². The Bertz CT molecular complexity index is 500. The van der Waals surface area contributed by atoms with Crippen LogP contribution in [-0.4, -0.2) is 29.0 Å². The smallest absolute Gasteiger partial charge is 0.174 e. The van der Waals surface area contributed by atoms with Crippen LogP contribution in [0.2, 0.25) is 0 Å². The molecule has 0 spiro atoms. The van der Waals surface area contributed by atoms with Crippen molar-refractivity contribution in [3.63, 3.8) is 0 Å². The average Bonchev–Trinajstić information content (AvgIpc) is 2.81. The molecule has 0 unspecified atom stereocenters. The highest BCUT2D eigenvalue weighted by atomic mass is 79.9. The van der Waals surface area contributed by atoms with Crippen LogP contribution in [0.3, 0.4) is 0 Å². The van der Waals surface area contributed by atoms with Gasteiger partial charge in [0, 0.05) is 0 Å². The summed E-state index contributed by atoms with van der Waals surface area (Å²) in [5.41, 5.74) is 1.06. The lowest BCUT2D eigenvalue weighted by Gasteiger charge is -2.11. The lowest BCUT2D eigenvalue weighted by Crippen LogP contribution is -2.01. The van der Waals surface area contributed by atoms with E-state index in [4.69, 9.17) is 9.47 Å². The van der Waals surface area contributed by atoms with E-state index < -0.39 is 0 Å². The Morgan fingerprint density at radius 3 is 2.71 bits per heavy atom. The standard InChI is InChI=1S/C11H12BrN3O2/c1-16-10-4-8(3-9(12)11(10)17-2)5-15-7-13-6-14-15/h3-4,6-7H,5H2,1-2H3. The normalized spacial score (nSPS) is 10.3. The number of rotatable bonds is 4. The van der Waals surface area contributed by atoms with Crippen LogP contribution in [0, 0.1) is 0 Å². The van der Waals surface area contributed by atoms with E-state index in [1.807, 2.05) is 12.1 Å². The zero-order valence-corrected chi connectivity index (χ0v) is 11.1. The molecule has 1 aromatic heterocycles. The van der Waals surface area contributed by atoms with E-state index in [0.29, 0.717) is 18.0 Å². The maximum Gasteiger partial charge on any atom is 0.174 e. The van der Waals surface area contributed by atoms with Gasteiger partial charge in [0.2, 0.25) is 0 Å². The van der Waals surface area contributed by atoms with Crippen LogP contribution in [0.25, 0.3) is 0 Å². The third-order valence-corrected chi connectivity index (χ3v) is 2.89. The van der Waals surface area contributed by atoms with Gasteiger partial charge in [-0.05, 0) is 33.6 Å². The molecule has 1 heterocycles. The molecule has 0 aliphatic carbocycles. The molecule has 6 heteroatoms. The first-order valence-electron chi connectivity index (χ1n) is 4.97. The minimum Gasteiger partial charge on any atom is -0.493 e. The summed E-state index contributed by atoms with van der Waals surface area (Å²) in [5, 5.41) is 4.06. The second-order valence-electron chi connectivity index (χ2n) is 3.41. The Morgan fingerprint density at radius 2 is 2.12 bits per heavy atom. The predicted molar refractivity (Wildman–Crippen MR) is 66.4 cm³/mol. The average molecular weight is 298 g/mol. The first kappa shape index (κ1) is 11.9. The molecule has 1 aromatic carbocycles. The Hall–Kier alpha value is -1.56. The number of nitrogens with zero attached hydrogens (tertiary/aromatic N) is 3. The van der Waals surface area contributed by atoms with Crippen LogP contribution in [0.4, 0.5) is 0 Å². The molecule has 0 amide bonds. The highest BCUT2D eigenvalue weighted by Crippen LogP contribution is 2.36. The van der Waals surface area contributed by atoms with Gasteiger partial charge in [0.25, 0.3) is 0 Å². The molecule has 17 heavy (non-hydrogen) atoms. The number of halogens is 1. The molecule has 0 saturated carbocycles. The van der Waals surface area contributed by atoms with E-state index >= 15 is 0 Å². The lowest BCUT2D eigenvalue weighted by molar-refractivity contribution is 0.352. The summed E-state index contributed by atoms with van der Waals surface area (Å²) in [6, 6.07) is 3.90. The van der Waals surface area contributed by atoms with Gasteiger partial charge in [-0.2, -0.15) is 5.10 Å². The van der Waals surface area contributed by atoms with Crippen molar-refractivity contribution in [2.45, 2.75) is 6.54 Å². The summed E-state index contributed by atoms with van der Waals surface area (Å²) in [7, 11) is 3.23. The fourth-order valence-corrected chi connectivity index (χ4v) is 2.22. The van der Waals surface area contributed by atoms with Crippen LogP contribution in [-0.2, 0) is 6.54 Å². The van der Waals surface area contributed by atoms with E-state index in [0.717, 1.165) is 10.0 Å². The number of hydrogen-bond donors (Lipinski definition) is 0. The Morgan fingerprint density at radius 1 is 1.29 bits per heavy atom. The van der Waals surface area contributed by atoms with Gasteiger partial charge >= 0.3 is 0 Å². The van der Waals surface area contributed by atoms with Gasteiger partial charge in [0.15, 0.2) is 11.5 Å². The molecule has 0 radical (unpaired) electrons. The third kappa shape index (κ3) is 2.58. The van der Waals surface area contributed by atoms with Crippen molar-refractivity contribution in [2.75, 3.05) is 14.2 Å². The van der Waals surface area contributed by atoms with Gasteiger partial charge in [0.1, 0.15) is 12.7 Å². The van der Waals surface area contributed by atoms with E-state index in [9.17, 15) is 0 Å². The molecule has 0 saturated heterocycles. The number of benzene rings is 1. The van der Waals surface area contributed by atoms with Gasteiger partial charge in [-0.1, -0.05) is 0 Å². The first-order chi connectivity index (χ1) is 8.24. The van der Waals surface area contributed by atoms with Crippen molar-refractivity contribution < 1.29 is 9.47 Å². The highest BCUT2D eigenvalue weighted by Gasteiger charge is 2.10. The maximum atomic E-state index is 5.28. The number of aromatic nitrogens is 3. The predicted octanol–water partition coefficient (Wildman–Crippen LogP) is 2.11. The summed E-state index contributed by atoms with van der Waals surface area (Å²) < 4.78 is 13.1. The van der Waals surface area contributed by atoms with E-state index in [-0.39, 0.29) is 0 Å². The van der Waals surface area contributed by atoms with Crippen LogP contribution in [0.5, 0.6) is 11.5 Å². The fourth-order valence-electron chi connectivity index (χ4n) is 1.56. The summed E-state index contributed by atoms with van der Waals surface area (Å²) in [6.07, 6.45) is 3.18. The molecule has 0 fully saturated rings. The topological polar surface area (TPSA) is 49.2 Å². The molecule has 5 nitrogen and oxygen atoms in total. The van der Waals surface area contributed by atoms with E-state index in [2.05, 4.69) is 26.0 Å². The molecule has 0 aliphatic heterocycles. The first-order valence-corrected chi connectivity index (χ1v) is 5.76. The van der Waals surface area contributed by atoms with Crippen molar-refractivity contribution in [3.05, 3.63) is 34.8 Å². The Labute approximate surface area is 108 Å². The van der Waals surface area contributed by atoms with Gasteiger partial charge in [-0.3, -0.25) is 0 Å². The minimum atomic E-state index is 0.638. The third-order valence-electron chi connectivity index (χ3n) is 2.30. The molecule has 0 aliphatic rings. The zero-order valence-electron chi connectivity index (χ0n) is 9.55. The fraction of sp³-hybridized carbons (Fsp3) is 0.273. The molecule has 0 atom stereocenters. The van der Waals surface area contributed by atoms with Crippen LogP contribution in [0.15, 0.2) is 29.3 Å². The highest BCUT2D eigenvalue weighted by molar-refractivity contribution is 9.10. The molecular formula is C11H12BrN3O2. The Balaban J connectivity index is 2.33. The number of methoxy groups -OCH3 is 2. The maximum absolute atomic E-state index is 5.28. The molecule has 90 valence electrons. The van der Waals surface area contributed by atoms with Crippen molar-refractivity contribution >= 4 is 15.9 Å². The second kappa shape index (κ2) is 5.18. The van der Waals surface area contributed by atoms with Crippen molar-refractivity contribution in [2.24, 2.45) is 0 Å². The minimum absolute atomic E-state index is 0.638. The zero-order chi connectivity index (χ0) is 12.3. The Kier molecular flexibility index (Phi) is 3.63. The summed E-state index contributed by atoms with van der Waals surface area (Å²) in [6.45, 7) is 0.638. The number of ether oxygens (including phenoxy) is 2. The molecular weight excluding hydrogens is 286 g/mol. The quantitative estimate of drug-likeness (QED) is 0.867. The van der Waals surface area contributed by atoms with E-state index in [1.165, 1.54) is 6.33 Å². The lowest BCUT2D eigenvalue weighted by atomic mass is 10.2. The van der Waals surface area contributed by atoms with Crippen LogP contribution in [0.1, 0.15) is 5.56 Å². The van der Waals surface area contributed by atoms with E-state index in [1.54, 1.807) is 25.2 Å². The summed E-state index contributed by atoms with van der Waals surface area (Å²) in [4.78, 5) is 3.90. The molecule has 0 bridgehead atoms. The molecule has 2 rings (SSSR count). The van der Waals surface area contributed by atoms with Gasteiger partial charge in [0.05, 0.1) is 25.2 Å². The molecule has 2 aromatic rings. The van der Waals surface area contributed by atoms with Gasteiger partial charge in [-0.25, -0.2) is 9.67 Å². The summed E-state index contributed by atoms with van der Waals surface area (Å²) in [5.74, 6) is 1.38. The van der Waals surface area contributed by atoms with Gasteiger partial charge in [-0.15, -0.1) is 0 Å². The number of hydrogen-bond acceptors (Lipinski definition) is 4. The van der Waals surface area contributed by atoms with Crippen LogP contribution < -0.4 is 9.47 Å².